The van der Waals surface area contributed by atoms with Crippen molar-refractivity contribution in [3.63, 3.8) is 0 Å². The van der Waals surface area contributed by atoms with Gasteiger partial charge in [-0.2, -0.15) is 0 Å². The van der Waals surface area contributed by atoms with Crippen LogP contribution in [0.1, 0.15) is 11.1 Å². The van der Waals surface area contributed by atoms with Gasteiger partial charge in [0.05, 0.1) is 0 Å². The van der Waals surface area contributed by atoms with Crippen LogP contribution in [0, 0.1) is 5.82 Å². The molecule has 0 unspecified atom stereocenters. The number of carbonyl (C=O) groups is 1. The molecule has 6 heteroatoms. The fourth-order valence-corrected chi connectivity index (χ4v) is 3.42. The predicted molar refractivity (Wildman–Crippen MR) is 99.7 cm³/mol. The molecule has 1 saturated heterocycles. The highest BCUT2D eigenvalue weighted by Gasteiger charge is 2.24. The molecule has 2 aromatic rings. The molecule has 0 atom stereocenters. The lowest BCUT2D eigenvalue weighted by molar-refractivity contribution is -1.02. The molecule has 138 valence electrons. The van der Waals surface area contributed by atoms with Crippen molar-refractivity contribution < 1.29 is 19.0 Å². The molecule has 3 N–H and O–H groups in total. The summed E-state index contributed by atoms with van der Waals surface area (Å²) in [4.78, 5) is 15.0. The molecule has 0 aromatic heterocycles. The Morgan fingerprint density at radius 2 is 1.50 bits per heavy atom. The van der Waals surface area contributed by atoms with Crippen molar-refractivity contribution in [3.05, 3.63) is 70.5 Å². The summed E-state index contributed by atoms with van der Waals surface area (Å²) in [5, 5.41) is 3.69. The van der Waals surface area contributed by atoms with Crippen LogP contribution in [0.4, 0.5) is 4.39 Å². The molecule has 0 bridgehead atoms. The highest BCUT2D eigenvalue weighted by Crippen LogP contribution is 2.08. The number of quaternary nitrogens is 2. The zero-order valence-electron chi connectivity index (χ0n) is 14.7. The summed E-state index contributed by atoms with van der Waals surface area (Å²) in [6.45, 7) is 6.04. The first-order valence-electron chi connectivity index (χ1n) is 9.01. The van der Waals surface area contributed by atoms with Crippen molar-refractivity contribution in [1.29, 1.82) is 0 Å². The summed E-state index contributed by atoms with van der Waals surface area (Å²) < 4.78 is 12.9. The van der Waals surface area contributed by atoms with Gasteiger partial charge in [-0.15, -0.1) is 0 Å². The lowest BCUT2D eigenvalue weighted by Crippen LogP contribution is -3.28. The highest BCUT2D eigenvalue weighted by molar-refractivity contribution is 6.30. The van der Waals surface area contributed by atoms with E-state index in [1.54, 1.807) is 17.0 Å². The van der Waals surface area contributed by atoms with E-state index in [1.165, 1.54) is 22.6 Å². The normalized spacial score (nSPS) is 19.9. The summed E-state index contributed by atoms with van der Waals surface area (Å²) in [7, 11) is 0. The van der Waals surface area contributed by atoms with Crippen LogP contribution in [0.3, 0.4) is 0 Å². The SMILES string of the molecule is O=C(C[NH+]1CC[NH+](Cc2ccc(Cl)cc2)CC1)NCc1ccc(F)cc1. The first-order chi connectivity index (χ1) is 12.6. The van der Waals surface area contributed by atoms with Crippen molar-refractivity contribution in [2.45, 2.75) is 13.1 Å². The molecule has 1 amide bonds. The minimum atomic E-state index is -0.261. The molecule has 0 aliphatic carbocycles. The largest absolute Gasteiger partial charge is 0.347 e. The van der Waals surface area contributed by atoms with Crippen molar-refractivity contribution >= 4 is 17.5 Å². The van der Waals surface area contributed by atoms with E-state index in [1.807, 2.05) is 12.1 Å². The minimum absolute atomic E-state index is 0.0467. The summed E-state index contributed by atoms with van der Waals surface area (Å²) in [5.74, 6) is -0.214. The molecule has 1 fully saturated rings. The number of amides is 1. The number of benzene rings is 2. The Labute approximate surface area is 158 Å². The van der Waals surface area contributed by atoms with Crippen LogP contribution in [-0.4, -0.2) is 38.6 Å². The second-order valence-electron chi connectivity index (χ2n) is 6.88. The molecule has 26 heavy (non-hydrogen) atoms. The van der Waals surface area contributed by atoms with Gasteiger partial charge in [0.25, 0.3) is 5.91 Å². The lowest BCUT2D eigenvalue weighted by Gasteiger charge is -2.29. The Bertz CT molecular complexity index is 713. The van der Waals surface area contributed by atoms with E-state index in [9.17, 15) is 9.18 Å². The molecule has 3 rings (SSSR count). The molecular weight excluding hydrogens is 353 g/mol. The second kappa shape index (κ2) is 9.12. The third-order valence-corrected chi connectivity index (χ3v) is 5.10. The minimum Gasteiger partial charge on any atom is -0.347 e. The van der Waals surface area contributed by atoms with E-state index in [4.69, 9.17) is 11.6 Å². The zero-order valence-corrected chi connectivity index (χ0v) is 15.5. The van der Waals surface area contributed by atoms with Crippen molar-refractivity contribution in [2.24, 2.45) is 0 Å². The summed E-state index contributed by atoms with van der Waals surface area (Å²) in [6.07, 6.45) is 0. The Balaban J connectivity index is 1.37. The first-order valence-corrected chi connectivity index (χ1v) is 9.39. The van der Waals surface area contributed by atoms with E-state index >= 15 is 0 Å². The summed E-state index contributed by atoms with van der Waals surface area (Å²) in [5.41, 5.74) is 2.21. The quantitative estimate of drug-likeness (QED) is 0.655. The lowest BCUT2D eigenvalue weighted by atomic mass is 10.2. The second-order valence-corrected chi connectivity index (χ2v) is 7.32. The fraction of sp³-hybridized carbons (Fsp3) is 0.350. The number of rotatable bonds is 6. The summed E-state index contributed by atoms with van der Waals surface area (Å²) >= 11 is 5.93. The van der Waals surface area contributed by atoms with E-state index in [-0.39, 0.29) is 11.7 Å². The van der Waals surface area contributed by atoms with Gasteiger partial charge in [0.15, 0.2) is 6.54 Å². The maximum atomic E-state index is 12.9. The van der Waals surface area contributed by atoms with Crippen molar-refractivity contribution in [2.75, 3.05) is 32.7 Å². The van der Waals surface area contributed by atoms with Crippen LogP contribution >= 0.6 is 11.6 Å². The number of halogens is 2. The van der Waals surface area contributed by atoms with Crippen LogP contribution in [0.25, 0.3) is 0 Å². The van der Waals surface area contributed by atoms with Crippen LogP contribution in [0.2, 0.25) is 5.02 Å². The summed E-state index contributed by atoms with van der Waals surface area (Å²) in [6, 6.07) is 14.2. The van der Waals surface area contributed by atoms with E-state index in [2.05, 4.69) is 17.4 Å². The first kappa shape index (κ1) is 18.8. The number of nitrogens with one attached hydrogen (secondary N) is 3. The molecule has 1 heterocycles. The van der Waals surface area contributed by atoms with Crippen LogP contribution in [0.15, 0.2) is 48.5 Å². The third-order valence-electron chi connectivity index (χ3n) is 4.85. The van der Waals surface area contributed by atoms with E-state index in [0.717, 1.165) is 43.3 Å². The topological polar surface area (TPSA) is 38.0 Å². The molecule has 0 saturated carbocycles. The van der Waals surface area contributed by atoms with Crippen LogP contribution in [0.5, 0.6) is 0 Å². The average Bonchev–Trinajstić information content (AvgIpc) is 2.65. The highest BCUT2D eigenvalue weighted by atomic mass is 35.5. The Hall–Kier alpha value is -1.95. The number of hydrogen-bond donors (Lipinski definition) is 3. The maximum Gasteiger partial charge on any atom is 0.275 e. The van der Waals surface area contributed by atoms with Crippen molar-refractivity contribution in [3.8, 4) is 0 Å². The molecule has 2 aromatic carbocycles. The van der Waals surface area contributed by atoms with E-state index < -0.39 is 0 Å². The van der Waals surface area contributed by atoms with Gasteiger partial charge in [0.2, 0.25) is 0 Å². The molecule has 0 spiro atoms. The van der Waals surface area contributed by atoms with Crippen LogP contribution in [-0.2, 0) is 17.9 Å². The fourth-order valence-electron chi connectivity index (χ4n) is 3.29. The molecular formula is C20H25ClFN3O+2. The molecule has 0 radical (unpaired) electrons. The van der Waals surface area contributed by atoms with Crippen LogP contribution < -0.4 is 15.1 Å². The predicted octanol–water partition coefficient (Wildman–Crippen LogP) is 0.0789. The maximum absolute atomic E-state index is 12.9. The van der Waals surface area contributed by atoms with Gasteiger partial charge in [-0.1, -0.05) is 35.9 Å². The van der Waals surface area contributed by atoms with Gasteiger partial charge in [-0.05, 0) is 29.8 Å². The molecule has 1 aliphatic rings. The zero-order chi connectivity index (χ0) is 18.4. The number of carbonyl (C=O) groups excluding carboxylic acids is 1. The average molecular weight is 378 g/mol. The molecule has 4 nitrogen and oxygen atoms in total. The molecule has 1 aliphatic heterocycles. The Morgan fingerprint density at radius 3 is 2.15 bits per heavy atom. The van der Waals surface area contributed by atoms with Gasteiger partial charge in [-0.25, -0.2) is 4.39 Å². The van der Waals surface area contributed by atoms with Gasteiger partial charge in [-0.3, -0.25) is 4.79 Å². The smallest absolute Gasteiger partial charge is 0.275 e. The van der Waals surface area contributed by atoms with Gasteiger partial charge >= 0.3 is 0 Å². The van der Waals surface area contributed by atoms with E-state index in [0.29, 0.717) is 13.1 Å². The van der Waals surface area contributed by atoms with Gasteiger partial charge in [0, 0.05) is 17.1 Å². The van der Waals surface area contributed by atoms with Gasteiger partial charge < -0.3 is 15.1 Å². The number of hydrogen-bond acceptors (Lipinski definition) is 1. The number of piperazine rings is 1. The third kappa shape index (κ3) is 5.80. The Morgan fingerprint density at radius 1 is 0.923 bits per heavy atom. The van der Waals surface area contributed by atoms with Gasteiger partial charge in [0.1, 0.15) is 38.5 Å². The van der Waals surface area contributed by atoms with Crippen molar-refractivity contribution in [1.82, 2.24) is 5.32 Å². The Kier molecular flexibility index (Phi) is 6.61. The monoisotopic (exact) mass is 377 g/mol. The standard InChI is InChI=1S/C20H23ClFN3O/c21-18-5-1-17(2-6-18)14-24-9-11-25(12-10-24)15-20(26)23-13-16-3-7-19(22)8-4-16/h1-8H,9-15H2,(H,23,26)/p+2.